The van der Waals surface area contributed by atoms with Crippen LogP contribution < -0.4 is 5.73 Å². The Bertz CT molecular complexity index is 616. The van der Waals surface area contributed by atoms with Gasteiger partial charge in [-0.15, -0.1) is 0 Å². The predicted molar refractivity (Wildman–Crippen MR) is 63.4 cm³/mol. The number of primary amides is 1. The van der Waals surface area contributed by atoms with Gasteiger partial charge in [0.25, 0.3) is 0 Å². The monoisotopic (exact) mass is 240 g/mol. The molecule has 0 bridgehead atoms. The van der Waals surface area contributed by atoms with Crippen molar-refractivity contribution in [3.05, 3.63) is 35.4 Å². The molecule has 3 rings (SSSR count). The number of fused-ring (bicyclic) bond motifs is 1. The topological polar surface area (TPSA) is 83.9 Å². The molecule has 90 valence electrons. The maximum Gasteiger partial charge on any atom is 0.238 e. The van der Waals surface area contributed by atoms with E-state index in [0.717, 1.165) is 12.0 Å². The van der Waals surface area contributed by atoms with Gasteiger partial charge >= 0.3 is 0 Å². The van der Waals surface area contributed by atoms with Crippen molar-refractivity contribution < 1.29 is 9.59 Å². The number of nitriles is 1. The van der Waals surface area contributed by atoms with Crippen molar-refractivity contribution in [2.24, 2.45) is 16.6 Å². The molecule has 1 spiro atoms. The second-order valence-electron chi connectivity index (χ2n) is 5.13. The van der Waals surface area contributed by atoms with Crippen LogP contribution in [0.1, 0.15) is 28.8 Å². The van der Waals surface area contributed by atoms with Gasteiger partial charge in [-0.25, -0.2) is 0 Å². The summed E-state index contributed by atoms with van der Waals surface area (Å²) in [7, 11) is 0. The lowest BCUT2D eigenvalue weighted by molar-refractivity contribution is -0.122. The largest absolute Gasteiger partial charge is 0.368 e. The number of ketones is 1. The Morgan fingerprint density at radius 2 is 2.11 bits per heavy atom. The summed E-state index contributed by atoms with van der Waals surface area (Å²) in [4.78, 5) is 24.0. The van der Waals surface area contributed by atoms with Crippen molar-refractivity contribution in [2.75, 3.05) is 0 Å². The molecule has 1 fully saturated rings. The number of carbonyl (C=O) groups excluding carboxylic acids is 2. The number of aryl methyl sites for hydroxylation is 1. The highest BCUT2D eigenvalue weighted by Gasteiger charge is 2.76. The molecule has 2 N–H and O–H groups in total. The fraction of sp³-hybridized carbons (Fsp3) is 0.357. The minimum Gasteiger partial charge on any atom is -0.368 e. The van der Waals surface area contributed by atoms with Gasteiger partial charge < -0.3 is 5.73 Å². The molecule has 4 heteroatoms. The number of hydrogen-bond donors (Lipinski definition) is 1. The second kappa shape index (κ2) is 3.20. The summed E-state index contributed by atoms with van der Waals surface area (Å²) in [6, 6.07) is 9.35. The van der Waals surface area contributed by atoms with Gasteiger partial charge in [-0.1, -0.05) is 24.3 Å². The van der Waals surface area contributed by atoms with E-state index in [4.69, 9.17) is 5.73 Å². The summed E-state index contributed by atoms with van der Waals surface area (Å²) in [5.41, 5.74) is 4.82. The SMILES string of the molecule is N#CC1(C(N)=O)CC12CCc1ccccc1C2=O. The Labute approximate surface area is 104 Å². The van der Waals surface area contributed by atoms with Gasteiger partial charge in [-0.2, -0.15) is 5.26 Å². The van der Waals surface area contributed by atoms with Crippen molar-refractivity contribution in [3.8, 4) is 6.07 Å². The summed E-state index contributed by atoms with van der Waals surface area (Å²) < 4.78 is 0. The van der Waals surface area contributed by atoms with E-state index < -0.39 is 16.7 Å². The quantitative estimate of drug-likeness (QED) is 0.800. The molecule has 2 aliphatic carbocycles. The minimum atomic E-state index is -1.28. The van der Waals surface area contributed by atoms with Crippen LogP contribution in [0.4, 0.5) is 0 Å². The third-order valence-electron chi connectivity index (χ3n) is 4.39. The average Bonchev–Trinajstić information content (AvgIpc) is 3.05. The van der Waals surface area contributed by atoms with Crippen molar-refractivity contribution in [2.45, 2.75) is 19.3 Å². The molecule has 1 aromatic carbocycles. The molecule has 0 heterocycles. The number of rotatable bonds is 1. The zero-order valence-corrected chi connectivity index (χ0v) is 9.77. The standard InChI is InChI=1S/C14H12N2O2/c15-8-14(12(16)18)7-13(14)6-5-9-3-1-2-4-10(9)11(13)17/h1-4H,5-7H2,(H2,16,18). The van der Waals surface area contributed by atoms with E-state index in [-0.39, 0.29) is 12.2 Å². The summed E-state index contributed by atoms with van der Waals surface area (Å²) in [5.74, 6) is -0.762. The molecule has 1 amide bonds. The van der Waals surface area contributed by atoms with Crippen LogP contribution in [-0.4, -0.2) is 11.7 Å². The Morgan fingerprint density at radius 3 is 2.72 bits per heavy atom. The summed E-state index contributed by atoms with van der Waals surface area (Å²) >= 11 is 0. The highest BCUT2D eigenvalue weighted by Crippen LogP contribution is 2.68. The maximum atomic E-state index is 12.5. The van der Waals surface area contributed by atoms with Crippen LogP contribution in [0.3, 0.4) is 0 Å². The first kappa shape index (κ1) is 11.0. The summed E-state index contributed by atoms with van der Waals surface area (Å²) in [6.07, 6.45) is 1.54. The molecule has 2 atom stereocenters. The Morgan fingerprint density at radius 1 is 1.39 bits per heavy atom. The first-order valence-corrected chi connectivity index (χ1v) is 5.91. The lowest BCUT2D eigenvalue weighted by Crippen LogP contribution is -2.36. The summed E-state index contributed by atoms with van der Waals surface area (Å²) in [6.45, 7) is 0. The molecule has 2 unspecified atom stereocenters. The molecule has 2 aliphatic rings. The Balaban J connectivity index is 2.09. The number of nitrogens with zero attached hydrogens (tertiary/aromatic N) is 1. The van der Waals surface area contributed by atoms with Gasteiger partial charge in [0.2, 0.25) is 5.91 Å². The number of carbonyl (C=O) groups is 2. The zero-order chi connectivity index (χ0) is 13.0. The highest BCUT2D eigenvalue weighted by molar-refractivity contribution is 6.11. The van der Waals surface area contributed by atoms with Gasteiger partial charge in [-0.3, -0.25) is 9.59 Å². The first-order valence-electron chi connectivity index (χ1n) is 5.91. The molecule has 4 nitrogen and oxygen atoms in total. The Hall–Kier alpha value is -2.15. The Kier molecular flexibility index (Phi) is 1.95. The molecule has 1 aromatic rings. The number of amides is 1. The van der Waals surface area contributed by atoms with Gasteiger partial charge in [0.1, 0.15) is 5.41 Å². The van der Waals surface area contributed by atoms with Crippen LogP contribution in [-0.2, 0) is 11.2 Å². The number of nitrogens with two attached hydrogens (primary N) is 1. The molecule has 0 saturated heterocycles. The molecule has 18 heavy (non-hydrogen) atoms. The van der Waals surface area contributed by atoms with Crippen LogP contribution >= 0.6 is 0 Å². The van der Waals surface area contributed by atoms with E-state index in [0.29, 0.717) is 12.0 Å². The van der Waals surface area contributed by atoms with Crippen molar-refractivity contribution in [3.63, 3.8) is 0 Å². The smallest absolute Gasteiger partial charge is 0.238 e. The molecular formula is C14H12N2O2. The second-order valence-corrected chi connectivity index (χ2v) is 5.13. The van der Waals surface area contributed by atoms with Crippen molar-refractivity contribution in [1.29, 1.82) is 5.26 Å². The van der Waals surface area contributed by atoms with Crippen molar-refractivity contribution >= 4 is 11.7 Å². The van der Waals surface area contributed by atoms with Crippen LogP contribution in [0.15, 0.2) is 24.3 Å². The van der Waals surface area contributed by atoms with E-state index in [9.17, 15) is 14.9 Å². The van der Waals surface area contributed by atoms with E-state index in [1.165, 1.54) is 0 Å². The van der Waals surface area contributed by atoms with Gasteiger partial charge in [-0.05, 0) is 24.8 Å². The molecule has 0 radical (unpaired) electrons. The van der Waals surface area contributed by atoms with E-state index in [1.807, 2.05) is 18.2 Å². The normalized spacial score (nSPS) is 32.7. The average molecular weight is 240 g/mol. The third kappa shape index (κ3) is 1.04. The van der Waals surface area contributed by atoms with Crippen LogP contribution in [0.5, 0.6) is 0 Å². The molecular weight excluding hydrogens is 228 g/mol. The summed E-state index contributed by atoms with van der Waals surface area (Å²) in [5, 5.41) is 9.21. The van der Waals surface area contributed by atoms with Crippen molar-refractivity contribution in [1.82, 2.24) is 0 Å². The van der Waals surface area contributed by atoms with E-state index in [1.54, 1.807) is 12.1 Å². The molecule has 0 aliphatic heterocycles. The lowest BCUT2D eigenvalue weighted by Gasteiger charge is -2.25. The van der Waals surface area contributed by atoms with Gasteiger partial charge in [0, 0.05) is 5.56 Å². The van der Waals surface area contributed by atoms with Crippen LogP contribution in [0.25, 0.3) is 0 Å². The van der Waals surface area contributed by atoms with Crippen LogP contribution in [0, 0.1) is 22.2 Å². The minimum absolute atomic E-state index is 0.0929. The van der Waals surface area contributed by atoms with E-state index >= 15 is 0 Å². The zero-order valence-electron chi connectivity index (χ0n) is 9.77. The molecule has 1 saturated carbocycles. The lowest BCUT2D eigenvalue weighted by atomic mass is 9.75. The number of hydrogen-bond acceptors (Lipinski definition) is 3. The van der Waals surface area contributed by atoms with E-state index in [2.05, 4.69) is 0 Å². The van der Waals surface area contributed by atoms with Gasteiger partial charge in [0.15, 0.2) is 5.78 Å². The molecule has 0 aromatic heterocycles. The number of Topliss-reactive ketones (excluding diaryl/α,β-unsaturated/α-hetero) is 1. The highest BCUT2D eigenvalue weighted by atomic mass is 16.2. The fourth-order valence-corrected chi connectivity index (χ4v) is 3.19. The third-order valence-corrected chi connectivity index (χ3v) is 4.39. The fourth-order valence-electron chi connectivity index (χ4n) is 3.19. The first-order chi connectivity index (χ1) is 8.57. The van der Waals surface area contributed by atoms with Gasteiger partial charge in [0.05, 0.1) is 11.5 Å². The number of benzene rings is 1. The van der Waals surface area contributed by atoms with Crippen LogP contribution in [0.2, 0.25) is 0 Å². The maximum absolute atomic E-state index is 12.5. The predicted octanol–water partition coefficient (Wildman–Crippen LogP) is 1.20.